The fourth-order valence-electron chi connectivity index (χ4n) is 1.70. The number of amides is 1. The summed E-state index contributed by atoms with van der Waals surface area (Å²) >= 11 is 0. The first-order chi connectivity index (χ1) is 9.54. The van der Waals surface area contributed by atoms with Crippen LogP contribution >= 0.6 is 0 Å². The summed E-state index contributed by atoms with van der Waals surface area (Å²) < 4.78 is 9.87. The molecule has 1 rings (SSSR count). The SMILES string of the molecule is COCC(C)C(NC(=O)OCc1ccccc1)C(=O)O. The van der Waals surface area contributed by atoms with Crippen molar-refractivity contribution in [2.45, 2.75) is 19.6 Å². The summed E-state index contributed by atoms with van der Waals surface area (Å²) in [5.74, 6) is -1.48. The number of methoxy groups -OCH3 is 1. The van der Waals surface area contributed by atoms with Crippen molar-refractivity contribution in [2.24, 2.45) is 5.92 Å². The van der Waals surface area contributed by atoms with Crippen LogP contribution in [0.15, 0.2) is 30.3 Å². The Labute approximate surface area is 117 Å². The molecular weight excluding hydrogens is 262 g/mol. The van der Waals surface area contributed by atoms with Crippen LogP contribution in [0.3, 0.4) is 0 Å². The molecule has 1 amide bonds. The van der Waals surface area contributed by atoms with E-state index in [0.29, 0.717) is 0 Å². The zero-order valence-corrected chi connectivity index (χ0v) is 11.5. The van der Waals surface area contributed by atoms with Gasteiger partial charge in [-0.1, -0.05) is 37.3 Å². The van der Waals surface area contributed by atoms with E-state index < -0.39 is 18.1 Å². The molecule has 0 aliphatic carbocycles. The Morgan fingerprint density at radius 1 is 1.30 bits per heavy atom. The number of hydrogen-bond acceptors (Lipinski definition) is 4. The van der Waals surface area contributed by atoms with Gasteiger partial charge in [-0.15, -0.1) is 0 Å². The van der Waals surface area contributed by atoms with E-state index in [-0.39, 0.29) is 19.1 Å². The molecule has 0 saturated carbocycles. The second-order valence-corrected chi connectivity index (χ2v) is 4.45. The number of carbonyl (C=O) groups excluding carboxylic acids is 1. The number of hydrogen-bond donors (Lipinski definition) is 2. The molecule has 6 heteroatoms. The third-order valence-corrected chi connectivity index (χ3v) is 2.75. The molecule has 0 aliphatic rings. The third kappa shape index (κ3) is 5.27. The number of benzene rings is 1. The van der Waals surface area contributed by atoms with Crippen LogP contribution in [-0.4, -0.2) is 36.9 Å². The predicted molar refractivity (Wildman–Crippen MR) is 72.2 cm³/mol. The molecule has 0 radical (unpaired) electrons. The molecule has 20 heavy (non-hydrogen) atoms. The topological polar surface area (TPSA) is 84.9 Å². The lowest BCUT2D eigenvalue weighted by Gasteiger charge is -2.20. The highest BCUT2D eigenvalue weighted by atomic mass is 16.5. The van der Waals surface area contributed by atoms with Crippen LogP contribution in [0, 0.1) is 5.92 Å². The fourth-order valence-corrected chi connectivity index (χ4v) is 1.70. The first kappa shape index (κ1) is 16.0. The quantitative estimate of drug-likeness (QED) is 0.793. The minimum atomic E-state index is -1.12. The molecule has 2 atom stereocenters. The highest BCUT2D eigenvalue weighted by molar-refractivity contribution is 5.80. The van der Waals surface area contributed by atoms with Gasteiger partial charge >= 0.3 is 12.1 Å². The summed E-state index contributed by atoms with van der Waals surface area (Å²) in [7, 11) is 1.48. The summed E-state index contributed by atoms with van der Waals surface area (Å²) in [5.41, 5.74) is 0.833. The second kappa shape index (κ2) is 8.16. The van der Waals surface area contributed by atoms with E-state index in [1.807, 2.05) is 30.3 Å². The lowest BCUT2D eigenvalue weighted by molar-refractivity contribution is -0.141. The van der Waals surface area contributed by atoms with E-state index in [4.69, 9.17) is 14.6 Å². The normalized spacial score (nSPS) is 13.3. The maximum Gasteiger partial charge on any atom is 0.408 e. The van der Waals surface area contributed by atoms with Crippen LogP contribution in [0.5, 0.6) is 0 Å². The van der Waals surface area contributed by atoms with Crippen molar-refractivity contribution in [3.63, 3.8) is 0 Å². The third-order valence-electron chi connectivity index (χ3n) is 2.75. The molecule has 0 aliphatic heterocycles. The maximum atomic E-state index is 11.6. The minimum absolute atomic E-state index is 0.0949. The van der Waals surface area contributed by atoms with Crippen LogP contribution in [0.25, 0.3) is 0 Å². The van der Waals surface area contributed by atoms with Crippen LogP contribution in [-0.2, 0) is 20.9 Å². The van der Waals surface area contributed by atoms with Gasteiger partial charge in [0.1, 0.15) is 12.6 Å². The maximum absolute atomic E-state index is 11.6. The molecule has 0 bridgehead atoms. The van der Waals surface area contributed by atoms with Crippen molar-refractivity contribution < 1.29 is 24.2 Å². The molecule has 6 nitrogen and oxygen atoms in total. The van der Waals surface area contributed by atoms with Crippen molar-refractivity contribution in [1.82, 2.24) is 5.32 Å². The molecule has 110 valence electrons. The van der Waals surface area contributed by atoms with E-state index in [2.05, 4.69) is 5.32 Å². The lowest BCUT2D eigenvalue weighted by Crippen LogP contribution is -2.46. The Bertz CT molecular complexity index is 434. The Morgan fingerprint density at radius 2 is 1.95 bits per heavy atom. The molecule has 1 aromatic rings. The smallest absolute Gasteiger partial charge is 0.408 e. The molecule has 0 aromatic heterocycles. The highest BCUT2D eigenvalue weighted by Gasteiger charge is 2.27. The number of alkyl carbamates (subject to hydrolysis) is 1. The van der Waals surface area contributed by atoms with E-state index in [1.54, 1.807) is 6.92 Å². The Hall–Kier alpha value is -2.08. The van der Waals surface area contributed by atoms with Gasteiger partial charge in [0.25, 0.3) is 0 Å². The molecule has 1 aromatic carbocycles. The van der Waals surface area contributed by atoms with Crippen molar-refractivity contribution in [3.05, 3.63) is 35.9 Å². The van der Waals surface area contributed by atoms with E-state index in [1.165, 1.54) is 7.11 Å². The molecule has 0 fully saturated rings. The van der Waals surface area contributed by atoms with Crippen molar-refractivity contribution in [3.8, 4) is 0 Å². The number of carboxylic acid groups (broad SMARTS) is 1. The Balaban J connectivity index is 2.48. The molecule has 0 saturated heterocycles. The standard InChI is InChI=1S/C14H19NO5/c1-10(8-19-2)12(13(16)17)15-14(18)20-9-11-6-4-3-5-7-11/h3-7,10,12H,8-9H2,1-2H3,(H,15,18)(H,16,17). The number of carboxylic acids is 1. The number of carbonyl (C=O) groups is 2. The summed E-state index contributed by atoms with van der Waals surface area (Å²) in [6, 6.07) is 8.11. The van der Waals surface area contributed by atoms with Crippen LogP contribution in [0.1, 0.15) is 12.5 Å². The van der Waals surface area contributed by atoms with Gasteiger partial charge in [0.2, 0.25) is 0 Å². The summed E-state index contributed by atoms with van der Waals surface area (Å²) in [4.78, 5) is 22.7. The minimum Gasteiger partial charge on any atom is -0.480 e. The van der Waals surface area contributed by atoms with Crippen LogP contribution in [0.2, 0.25) is 0 Å². The van der Waals surface area contributed by atoms with Gasteiger partial charge in [0, 0.05) is 13.0 Å². The van der Waals surface area contributed by atoms with E-state index in [0.717, 1.165) is 5.56 Å². The Kier molecular flexibility index (Phi) is 6.52. The molecule has 2 unspecified atom stereocenters. The van der Waals surface area contributed by atoms with Gasteiger partial charge in [0.15, 0.2) is 0 Å². The average molecular weight is 281 g/mol. The molecule has 2 N–H and O–H groups in total. The second-order valence-electron chi connectivity index (χ2n) is 4.45. The molecule has 0 heterocycles. The van der Waals surface area contributed by atoms with Gasteiger partial charge in [-0.2, -0.15) is 0 Å². The Morgan fingerprint density at radius 3 is 2.50 bits per heavy atom. The van der Waals surface area contributed by atoms with Crippen molar-refractivity contribution >= 4 is 12.1 Å². The van der Waals surface area contributed by atoms with Gasteiger partial charge in [0.05, 0.1) is 6.61 Å². The highest BCUT2D eigenvalue weighted by Crippen LogP contribution is 2.06. The van der Waals surface area contributed by atoms with Crippen LogP contribution in [0.4, 0.5) is 4.79 Å². The first-order valence-corrected chi connectivity index (χ1v) is 6.23. The number of nitrogens with one attached hydrogen (secondary N) is 1. The van der Waals surface area contributed by atoms with Gasteiger partial charge < -0.3 is 19.9 Å². The average Bonchev–Trinajstić information content (AvgIpc) is 2.43. The fraction of sp³-hybridized carbons (Fsp3) is 0.429. The van der Waals surface area contributed by atoms with E-state index in [9.17, 15) is 9.59 Å². The molecular formula is C14H19NO5. The van der Waals surface area contributed by atoms with Gasteiger partial charge in [-0.3, -0.25) is 0 Å². The lowest BCUT2D eigenvalue weighted by atomic mass is 10.0. The largest absolute Gasteiger partial charge is 0.480 e. The summed E-state index contributed by atoms with van der Waals surface area (Å²) in [6.45, 7) is 2.01. The zero-order chi connectivity index (χ0) is 15.0. The number of aliphatic carboxylic acids is 1. The van der Waals surface area contributed by atoms with Crippen molar-refractivity contribution in [1.29, 1.82) is 0 Å². The number of ether oxygens (including phenoxy) is 2. The summed E-state index contributed by atoms with van der Waals surface area (Å²) in [6.07, 6.45) is -0.760. The number of rotatable bonds is 7. The van der Waals surface area contributed by atoms with E-state index >= 15 is 0 Å². The summed E-state index contributed by atoms with van der Waals surface area (Å²) in [5, 5.41) is 11.4. The predicted octanol–water partition coefficient (Wildman–Crippen LogP) is 1.65. The first-order valence-electron chi connectivity index (χ1n) is 6.23. The van der Waals surface area contributed by atoms with Crippen LogP contribution < -0.4 is 5.32 Å². The molecule has 0 spiro atoms. The van der Waals surface area contributed by atoms with Gasteiger partial charge in [-0.25, -0.2) is 9.59 Å². The monoisotopic (exact) mass is 281 g/mol. The zero-order valence-electron chi connectivity index (χ0n) is 11.5. The van der Waals surface area contributed by atoms with Gasteiger partial charge in [-0.05, 0) is 5.56 Å². The van der Waals surface area contributed by atoms with Crippen molar-refractivity contribution in [2.75, 3.05) is 13.7 Å².